The molecule has 2 aromatic heterocycles. The van der Waals surface area contributed by atoms with Crippen molar-refractivity contribution in [2.75, 3.05) is 17.7 Å². The molecule has 9 heteroatoms. The second kappa shape index (κ2) is 9.32. The molecule has 5 rings (SSSR count). The van der Waals surface area contributed by atoms with Crippen LogP contribution in [0.25, 0.3) is 0 Å². The van der Waals surface area contributed by atoms with Gasteiger partial charge in [0.25, 0.3) is 0 Å². The number of aliphatic imine (C=N–C) groups is 1. The number of nitrogens with zero attached hydrogens (tertiary/aromatic N) is 2. The third-order valence-corrected chi connectivity index (χ3v) is 5.59. The number of nitrogens with one attached hydrogen (secondary N) is 3. The number of H-pyrrole nitrogens is 1. The van der Waals surface area contributed by atoms with Gasteiger partial charge in [0.1, 0.15) is 18.1 Å². The number of hydrogen-bond acceptors (Lipinski definition) is 8. The van der Waals surface area contributed by atoms with Crippen molar-refractivity contribution in [2.24, 2.45) is 10.7 Å². The number of carbonyl (C=O) groups excluding carboxylic acids is 1. The summed E-state index contributed by atoms with van der Waals surface area (Å²) in [6.07, 6.45) is 3.53. The lowest BCUT2D eigenvalue weighted by atomic mass is 10.1. The standard InChI is InChI=1S/C26H24N6O3/c1-34-25(33)20-7-2-3-8-21(20)30-24-23-22(13-15-29-23)31-26(27,32-24)17-9-11-19(12-10-17)35-16-18-6-4-5-14-28-18/h2-15,29,31H,16,27H2,1H3,(H,30,32). The Hall–Kier alpha value is -4.63. The van der Waals surface area contributed by atoms with Crippen LogP contribution in [0.2, 0.25) is 0 Å². The van der Waals surface area contributed by atoms with Crippen molar-refractivity contribution in [2.45, 2.75) is 12.4 Å². The minimum Gasteiger partial charge on any atom is -0.487 e. The fraction of sp³-hybridized carbons (Fsp3) is 0.115. The molecule has 1 atom stereocenters. The Labute approximate surface area is 202 Å². The van der Waals surface area contributed by atoms with E-state index in [2.05, 4.69) is 20.6 Å². The Balaban J connectivity index is 1.42. The summed E-state index contributed by atoms with van der Waals surface area (Å²) in [6, 6.07) is 22.0. The number of aromatic nitrogens is 2. The van der Waals surface area contributed by atoms with Crippen LogP contribution in [0, 0.1) is 0 Å². The van der Waals surface area contributed by atoms with E-state index in [1.165, 1.54) is 7.11 Å². The number of nitrogens with two attached hydrogens (primary N) is 1. The average Bonchev–Trinajstić information content (AvgIpc) is 3.37. The second-order valence-electron chi connectivity index (χ2n) is 7.91. The van der Waals surface area contributed by atoms with E-state index in [0.717, 1.165) is 22.6 Å². The number of aromatic amines is 1. The Morgan fingerprint density at radius 1 is 1.06 bits per heavy atom. The fourth-order valence-electron chi connectivity index (χ4n) is 3.82. The molecule has 0 bridgehead atoms. The van der Waals surface area contributed by atoms with Crippen LogP contribution in [0.1, 0.15) is 27.3 Å². The lowest BCUT2D eigenvalue weighted by molar-refractivity contribution is 0.0602. The van der Waals surface area contributed by atoms with Crippen molar-refractivity contribution in [1.82, 2.24) is 9.97 Å². The first-order valence-electron chi connectivity index (χ1n) is 11.0. The predicted molar refractivity (Wildman–Crippen MR) is 133 cm³/mol. The van der Waals surface area contributed by atoms with Crippen molar-refractivity contribution >= 4 is 23.2 Å². The maximum absolute atomic E-state index is 12.2. The number of methoxy groups -OCH3 is 1. The van der Waals surface area contributed by atoms with Crippen LogP contribution in [0.3, 0.4) is 0 Å². The Kier molecular flexibility index (Phi) is 5.90. The highest BCUT2D eigenvalue weighted by Gasteiger charge is 2.34. The summed E-state index contributed by atoms with van der Waals surface area (Å²) in [5.41, 5.74) is 10.8. The Morgan fingerprint density at radius 3 is 2.63 bits per heavy atom. The molecule has 1 aliphatic heterocycles. The lowest BCUT2D eigenvalue weighted by Gasteiger charge is -2.33. The quantitative estimate of drug-likeness (QED) is 0.317. The van der Waals surface area contributed by atoms with Crippen LogP contribution >= 0.6 is 0 Å². The van der Waals surface area contributed by atoms with Gasteiger partial charge >= 0.3 is 5.97 Å². The summed E-state index contributed by atoms with van der Waals surface area (Å²) >= 11 is 0. The van der Waals surface area contributed by atoms with Crippen LogP contribution < -0.4 is 21.1 Å². The number of esters is 1. The molecule has 0 spiro atoms. The number of rotatable bonds is 6. The lowest BCUT2D eigenvalue weighted by Crippen LogP contribution is -2.47. The van der Waals surface area contributed by atoms with Gasteiger partial charge in [-0.15, -0.1) is 0 Å². The molecule has 1 unspecified atom stereocenters. The van der Waals surface area contributed by atoms with Crippen molar-refractivity contribution in [3.63, 3.8) is 0 Å². The molecule has 35 heavy (non-hydrogen) atoms. The highest BCUT2D eigenvalue weighted by atomic mass is 16.5. The highest BCUT2D eigenvalue weighted by Crippen LogP contribution is 2.32. The van der Waals surface area contributed by atoms with E-state index in [-0.39, 0.29) is 0 Å². The molecule has 5 N–H and O–H groups in total. The zero-order valence-corrected chi connectivity index (χ0v) is 19.0. The Morgan fingerprint density at radius 2 is 1.86 bits per heavy atom. The summed E-state index contributed by atoms with van der Waals surface area (Å²) in [5.74, 6) is -0.528. The van der Waals surface area contributed by atoms with Crippen molar-refractivity contribution in [3.8, 4) is 5.75 Å². The minimum atomic E-state index is -1.25. The predicted octanol–water partition coefficient (Wildman–Crippen LogP) is 3.83. The maximum Gasteiger partial charge on any atom is 0.339 e. The minimum absolute atomic E-state index is 0.366. The monoisotopic (exact) mass is 468 g/mol. The molecular weight excluding hydrogens is 444 g/mol. The van der Waals surface area contributed by atoms with Gasteiger partial charge in [0, 0.05) is 18.0 Å². The maximum atomic E-state index is 12.2. The molecule has 0 saturated heterocycles. The first-order valence-corrected chi connectivity index (χ1v) is 11.0. The molecule has 2 aromatic carbocycles. The van der Waals surface area contributed by atoms with E-state index < -0.39 is 11.8 Å². The zero-order valence-electron chi connectivity index (χ0n) is 19.0. The molecule has 0 amide bonds. The van der Waals surface area contributed by atoms with Crippen LogP contribution in [-0.4, -0.2) is 28.9 Å². The number of fused-ring (bicyclic) bond motifs is 1. The molecule has 0 radical (unpaired) electrons. The van der Waals surface area contributed by atoms with Gasteiger partial charge in [-0.2, -0.15) is 0 Å². The molecule has 0 fully saturated rings. The molecule has 0 aliphatic carbocycles. The van der Waals surface area contributed by atoms with Gasteiger partial charge in [0.05, 0.1) is 29.7 Å². The first-order chi connectivity index (χ1) is 17.1. The van der Waals surface area contributed by atoms with Crippen molar-refractivity contribution in [1.29, 1.82) is 0 Å². The topological polar surface area (TPSA) is 127 Å². The SMILES string of the molecule is COC(=O)c1ccccc1NC1=NC(N)(c2ccc(OCc3ccccn3)cc2)Nc2cc[nH]c21. The van der Waals surface area contributed by atoms with Gasteiger partial charge in [-0.1, -0.05) is 18.2 Å². The van der Waals surface area contributed by atoms with Gasteiger partial charge in [0.15, 0.2) is 5.84 Å². The molecular formula is C26H24N6O3. The molecule has 176 valence electrons. The molecule has 3 heterocycles. The number of para-hydroxylation sites is 1. The van der Waals surface area contributed by atoms with Gasteiger partial charge in [0.2, 0.25) is 5.79 Å². The number of hydrogen-bond donors (Lipinski definition) is 4. The summed E-state index contributed by atoms with van der Waals surface area (Å²) in [7, 11) is 1.35. The van der Waals surface area contributed by atoms with Gasteiger partial charge in [-0.3, -0.25) is 10.7 Å². The number of pyridine rings is 1. The summed E-state index contributed by atoms with van der Waals surface area (Å²) in [5, 5.41) is 6.54. The smallest absolute Gasteiger partial charge is 0.339 e. The van der Waals surface area contributed by atoms with Crippen LogP contribution in [0.15, 0.2) is 90.2 Å². The normalized spacial score (nSPS) is 16.5. The largest absolute Gasteiger partial charge is 0.487 e. The third kappa shape index (κ3) is 4.57. The molecule has 0 saturated carbocycles. The van der Waals surface area contributed by atoms with Gasteiger partial charge in [-0.05, 0) is 54.6 Å². The summed E-state index contributed by atoms with van der Waals surface area (Å²) in [6.45, 7) is 0.366. The fourth-order valence-corrected chi connectivity index (χ4v) is 3.82. The summed E-state index contributed by atoms with van der Waals surface area (Å²) < 4.78 is 10.7. The van der Waals surface area contributed by atoms with E-state index in [9.17, 15) is 4.79 Å². The highest BCUT2D eigenvalue weighted by molar-refractivity contribution is 6.13. The first kappa shape index (κ1) is 22.2. The van der Waals surface area contributed by atoms with E-state index in [4.69, 9.17) is 20.2 Å². The molecule has 9 nitrogen and oxygen atoms in total. The number of amidine groups is 1. The number of ether oxygens (including phenoxy) is 2. The van der Waals surface area contributed by atoms with Crippen molar-refractivity contribution in [3.05, 3.63) is 108 Å². The number of anilines is 2. The molecule has 4 aromatic rings. The second-order valence-corrected chi connectivity index (χ2v) is 7.91. The van der Waals surface area contributed by atoms with Crippen LogP contribution in [-0.2, 0) is 17.1 Å². The van der Waals surface area contributed by atoms with E-state index in [1.807, 2.05) is 54.6 Å². The van der Waals surface area contributed by atoms with Crippen LogP contribution in [0.5, 0.6) is 5.75 Å². The number of benzene rings is 2. The Bertz CT molecular complexity index is 1370. The van der Waals surface area contributed by atoms with Crippen LogP contribution in [0.4, 0.5) is 11.4 Å². The van der Waals surface area contributed by atoms with E-state index in [0.29, 0.717) is 29.4 Å². The molecule has 1 aliphatic rings. The zero-order chi connectivity index (χ0) is 24.3. The van der Waals surface area contributed by atoms with Gasteiger partial charge in [-0.25, -0.2) is 9.79 Å². The summed E-state index contributed by atoms with van der Waals surface area (Å²) in [4.78, 5) is 24.4. The third-order valence-electron chi connectivity index (χ3n) is 5.59. The number of carbonyl (C=O) groups is 1. The van der Waals surface area contributed by atoms with E-state index in [1.54, 1.807) is 30.6 Å². The van der Waals surface area contributed by atoms with E-state index >= 15 is 0 Å². The average molecular weight is 469 g/mol. The van der Waals surface area contributed by atoms with Gasteiger partial charge < -0.3 is 25.1 Å². The van der Waals surface area contributed by atoms with Crippen molar-refractivity contribution < 1.29 is 14.3 Å².